The Balaban J connectivity index is 3.76. The van der Waals surface area contributed by atoms with Crippen LogP contribution in [0.25, 0.3) is 0 Å². The van der Waals surface area contributed by atoms with Gasteiger partial charge in [0.2, 0.25) is 6.29 Å². The minimum Gasteiger partial charge on any atom is -0.481 e. The second kappa shape index (κ2) is 12.4. The van der Waals surface area contributed by atoms with E-state index in [1.165, 1.54) is 6.92 Å². The lowest BCUT2D eigenvalue weighted by Gasteiger charge is -2.14. The number of unbranched alkanes of at least 4 members (excludes halogenated alkanes) is 3. The quantitative estimate of drug-likeness (QED) is 0.227. The Morgan fingerprint density at radius 3 is 2.00 bits per heavy atom. The van der Waals surface area contributed by atoms with E-state index >= 15 is 0 Å². The third kappa shape index (κ3) is 10.5. The summed E-state index contributed by atoms with van der Waals surface area (Å²) in [6.07, 6.45) is 2.26. The first-order chi connectivity index (χ1) is 10.4. The third-order valence-electron chi connectivity index (χ3n) is 3.41. The van der Waals surface area contributed by atoms with Crippen molar-refractivity contribution < 1.29 is 34.8 Å². The molecule has 0 aliphatic carbocycles. The molecule has 22 heavy (non-hydrogen) atoms. The normalized spacial score (nSPS) is 15.1. The lowest BCUT2D eigenvalue weighted by atomic mass is 9.95. The van der Waals surface area contributed by atoms with Gasteiger partial charge in [0.25, 0.3) is 0 Å². The van der Waals surface area contributed by atoms with Crippen molar-refractivity contribution in [1.29, 1.82) is 0 Å². The molecule has 0 radical (unpaired) electrons. The van der Waals surface area contributed by atoms with Gasteiger partial charge in [-0.15, -0.1) is 0 Å². The van der Waals surface area contributed by atoms with Gasteiger partial charge in [-0.3, -0.25) is 4.79 Å². The second-order valence-corrected chi connectivity index (χ2v) is 5.46. The van der Waals surface area contributed by atoms with Gasteiger partial charge in [-0.1, -0.05) is 19.3 Å². The Labute approximate surface area is 130 Å². The van der Waals surface area contributed by atoms with Gasteiger partial charge in [0.05, 0.1) is 5.92 Å². The Morgan fingerprint density at radius 2 is 1.50 bits per heavy atom. The molecule has 7 heteroatoms. The van der Waals surface area contributed by atoms with E-state index < -0.39 is 30.3 Å². The predicted molar refractivity (Wildman–Crippen MR) is 78.9 cm³/mol. The Hall–Kier alpha value is -1.18. The van der Waals surface area contributed by atoms with Crippen molar-refractivity contribution in [3.05, 3.63) is 0 Å². The molecule has 0 amide bonds. The zero-order valence-electron chi connectivity index (χ0n) is 13.1. The molecule has 0 heterocycles. The summed E-state index contributed by atoms with van der Waals surface area (Å²) in [5.41, 5.74) is 0. The van der Waals surface area contributed by atoms with E-state index in [-0.39, 0.29) is 13.0 Å². The molecular weight excluding hydrogens is 292 g/mol. The molecule has 7 nitrogen and oxygen atoms in total. The van der Waals surface area contributed by atoms with Crippen LogP contribution in [0.1, 0.15) is 58.3 Å². The lowest BCUT2D eigenvalue weighted by Crippen LogP contribution is -2.25. The maximum absolute atomic E-state index is 11.1. The smallest absolute Gasteiger partial charge is 0.336 e. The summed E-state index contributed by atoms with van der Waals surface area (Å²) >= 11 is 0. The molecule has 0 aromatic rings. The van der Waals surface area contributed by atoms with E-state index in [4.69, 9.17) is 15.3 Å². The number of aliphatic hydroxyl groups is 3. The van der Waals surface area contributed by atoms with Crippen molar-refractivity contribution in [3.63, 3.8) is 0 Å². The summed E-state index contributed by atoms with van der Waals surface area (Å²) in [5.74, 6) is -2.07. The van der Waals surface area contributed by atoms with Crippen LogP contribution in [-0.4, -0.2) is 51.4 Å². The van der Waals surface area contributed by atoms with Crippen LogP contribution < -0.4 is 0 Å². The van der Waals surface area contributed by atoms with E-state index in [0.29, 0.717) is 38.5 Å². The van der Waals surface area contributed by atoms with Crippen LogP contribution in [0.2, 0.25) is 0 Å². The van der Waals surface area contributed by atoms with Crippen molar-refractivity contribution in [2.24, 2.45) is 5.92 Å². The molecule has 0 aliphatic rings. The topological polar surface area (TPSA) is 124 Å². The van der Waals surface area contributed by atoms with Gasteiger partial charge in [0.15, 0.2) is 0 Å². The van der Waals surface area contributed by atoms with Crippen LogP contribution in [0.4, 0.5) is 0 Å². The maximum atomic E-state index is 11.1. The summed E-state index contributed by atoms with van der Waals surface area (Å²) in [6, 6.07) is 0. The van der Waals surface area contributed by atoms with E-state index in [9.17, 15) is 14.7 Å². The van der Waals surface area contributed by atoms with Crippen molar-refractivity contribution in [2.75, 3.05) is 6.61 Å². The minimum absolute atomic E-state index is 0.0788. The highest BCUT2D eigenvalue weighted by Gasteiger charge is 2.17. The first-order valence-corrected chi connectivity index (χ1v) is 7.78. The molecule has 0 saturated carbocycles. The monoisotopic (exact) mass is 320 g/mol. The number of rotatable bonds is 13. The Bertz CT molecular complexity index is 317. The van der Waals surface area contributed by atoms with Gasteiger partial charge in [-0.2, -0.15) is 0 Å². The molecular formula is C15H28O7. The minimum atomic E-state index is -1.26. The van der Waals surface area contributed by atoms with E-state index in [1.54, 1.807) is 0 Å². The van der Waals surface area contributed by atoms with E-state index in [1.807, 2.05) is 0 Å². The number of carbonyl (C=O) groups excluding carboxylic acids is 1. The van der Waals surface area contributed by atoms with E-state index in [0.717, 1.165) is 6.42 Å². The summed E-state index contributed by atoms with van der Waals surface area (Å²) in [7, 11) is 0. The zero-order chi connectivity index (χ0) is 17.0. The third-order valence-corrected chi connectivity index (χ3v) is 3.41. The highest BCUT2D eigenvalue weighted by molar-refractivity contribution is 5.73. The SMILES string of the molecule is CC(O)C(=O)OC(O)CCCCCC(CCCCO)C(=O)O. The number of carboxylic acid groups (broad SMARTS) is 1. The maximum Gasteiger partial charge on any atom is 0.336 e. The molecule has 0 aromatic carbocycles. The molecule has 0 aromatic heterocycles. The molecule has 0 spiro atoms. The molecule has 130 valence electrons. The van der Waals surface area contributed by atoms with E-state index in [2.05, 4.69) is 4.74 Å². The van der Waals surface area contributed by atoms with Gasteiger partial charge in [0, 0.05) is 13.0 Å². The van der Waals surface area contributed by atoms with Gasteiger partial charge in [0.1, 0.15) is 6.10 Å². The molecule has 4 N–H and O–H groups in total. The van der Waals surface area contributed by atoms with Gasteiger partial charge < -0.3 is 25.2 Å². The lowest BCUT2D eigenvalue weighted by molar-refractivity contribution is -0.177. The Morgan fingerprint density at radius 1 is 0.955 bits per heavy atom. The zero-order valence-corrected chi connectivity index (χ0v) is 13.1. The van der Waals surface area contributed by atoms with Crippen LogP contribution in [-0.2, 0) is 14.3 Å². The van der Waals surface area contributed by atoms with Crippen molar-refractivity contribution in [3.8, 4) is 0 Å². The average Bonchev–Trinajstić information content (AvgIpc) is 2.44. The summed E-state index contributed by atoms with van der Waals surface area (Å²) in [6.45, 7) is 1.34. The molecule has 0 fully saturated rings. The molecule has 3 unspecified atom stereocenters. The van der Waals surface area contributed by atoms with Crippen LogP contribution in [0.15, 0.2) is 0 Å². The molecule has 3 atom stereocenters. The van der Waals surface area contributed by atoms with Gasteiger partial charge in [-0.05, 0) is 32.6 Å². The van der Waals surface area contributed by atoms with Gasteiger partial charge in [-0.25, -0.2) is 4.79 Å². The highest BCUT2D eigenvalue weighted by atomic mass is 16.6. The largest absolute Gasteiger partial charge is 0.481 e. The fourth-order valence-electron chi connectivity index (χ4n) is 2.07. The van der Waals surface area contributed by atoms with Crippen LogP contribution >= 0.6 is 0 Å². The van der Waals surface area contributed by atoms with Crippen LogP contribution in [0, 0.1) is 5.92 Å². The number of aliphatic hydroxyl groups excluding tert-OH is 3. The number of esters is 1. The fourth-order valence-corrected chi connectivity index (χ4v) is 2.07. The predicted octanol–water partition coefficient (Wildman–Crippen LogP) is 1.04. The summed E-state index contributed by atoms with van der Waals surface area (Å²) < 4.78 is 4.59. The molecule has 0 bridgehead atoms. The van der Waals surface area contributed by atoms with Crippen molar-refractivity contribution in [1.82, 2.24) is 0 Å². The Kier molecular flexibility index (Phi) is 11.7. The number of ether oxygens (including phenoxy) is 1. The average molecular weight is 320 g/mol. The number of aliphatic carboxylic acids is 1. The second-order valence-electron chi connectivity index (χ2n) is 5.46. The van der Waals surface area contributed by atoms with Crippen LogP contribution in [0.3, 0.4) is 0 Å². The molecule has 0 rings (SSSR count). The van der Waals surface area contributed by atoms with Crippen molar-refractivity contribution >= 4 is 11.9 Å². The molecule has 0 aliphatic heterocycles. The van der Waals surface area contributed by atoms with Crippen LogP contribution in [0.5, 0.6) is 0 Å². The summed E-state index contributed by atoms with van der Waals surface area (Å²) in [4.78, 5) is 22.1. The number of hydrogen-bond donors (Lipinski definition) is 4. The molecule has 0 saturated heterocycles. The summed E-state index contributed by atoms with van der Waals surface area (Å²) in [5, 5.41) is 36.1. The number of carboxylic acids is 1. The number of hydrogen-bond acceptors (Lipinski definition) is 6. The number of carbonyl (C=O) groups is 2. The van der Waals surface area contributed by atoms with Crippen molar-refractivity contribution in [2.45, 2.75) is 70.7 Å². The fraction of sp³-hybridized carbons (Fsp3) is 0.867. The standard InChI is InChI=1S/C15H28O7/c1-11(17)15(21)22-13(18)9-4-2-3-7-12(14(19)20)8-5-6-10-16/h11-13,16-18H,2-10H2,1H3,(H,19,20). The first-order valence-electron chi connectivity index (χ1n) is 7.78. The van der Waals surface area contributed by atoms with Gasteiger partial charge >= 0.3 is 11.9 Å². The highest BCUT2D eigenvalue weighted by Crippen LogP contribution is 2.18. The first kappa shape index (κ1) is 20.8.